The third kappa shape index (κ3) is 3.43. The predicted molar refractivity (Wildman–Crippen MR) is 94.6 cm³/mol. The first kappa shape index (κ1) is 16.8. The SMILES string of the molecule is CCN(CC)C(=O)CSc1nc2c(C)c(C)ccc2cc1C. The highest BCUT2D eigenvalue weighted by Crippen LogP contribution is 2.27. The number of rotatable bonds is 5. The molecule has 118 valence electrons. The Morgan fingerprint density at radius 2 is 1.82 bits per heavy atom. The van der Waals surface area contributed by atoms with Gasteiger partial charge in [0.2, 0.25) is 5.91 Å². The van der Waals surface area contributed by atoms with Gasteiger partial charge in [0.15, 0.2) is 0 Å². The molecule has 1 aromatic carbocycles. The molecule has 0 fully saturated rings. The lowest BCUT2D eigenvalue weighted by molar-refractivity contribution is -0.127. The lowest BCUT2D eigenvalue weighted by atomic mass is 10.0. The highest BCUT2D eigenvalue weighted by atomic mass is 32.2. The summed E-state index contributed by atoms with van der Waals surface area (Å²) in [7, 11) is 0. The Bertz CT molecular complexity index is 693. The molecule has 0 aliphatic carbocycles. The van der Waals surface area contributed by atoms with Gasteiger partial charge in [0.1, 0.15) is 5.03 Å². The van der Waals surface area contributed by atoms with Crippen molar-refractivity contribution in [3.8, 4) is 0 Å². The first-order chi connectivity index (χ1) is 10.5. The topological polar surface area (TPSA) is 33.2 Å². The zero-order valence-corrected chi connectivity index (χ0v) is 14.9. The third-order valence-corrected chi connectivity index (χ3v) is 5.18. The van der Waals surface area contributed by atoms with Crippen LogP contribution in [-0.2, 0) is 4.79 Å². The fourth-order valence-corrected chi connectivity index (χ4v) is 3.40. The highest BCUT2D eigenvalue weighted by Gasteiger charge is 2.13. The molecule has 0 radical (unpaired) electrons. The summed E-state index contributed by atoms with van der Waals surface area (Å²) in [4.78, 5) is 18.8. The van der Waals surface area contributed by atoms with Crippen LogP contribution in [0.25, 0.3) is 10.9 Å². The van der Waals surface area contributed by atoms with E-state index in [0.717, 1.165) is 29.2 Å². The minimum atomic E-state index is 0.178. The summed E-state index contributed by atoms with van der Waals surface area (Å²) < 4.78 is 0. The van der Waals surface area contributed by atoms with Gasteiger partial charge in [-0.05, 0) is 57.4 Å². The van der Waals surface area contributed by atoms with Crippen molar-refractivity contribution >= 4 is 28.6 Å². The summed E-state index contributed by atoms with van der Waals surface area (Å²) in [6.45, 7) is 11.8. The van der Waals surface area contributed by atoms with Crippen LogP contribution in [0.4, 0.5) is 0 Å². The molecule has 1 amide bonds. The molecule has 0 aliphatic rings. The molecule has 22 heavy (non-hydrogen) atoms. The Hall–Kier alpha value is -1.55. The standard InChI is InChI=1S/C18H24N2OS/c1-6-20(7-2)16(21)11-22-18-13(4)10-15-9-8-12(3)14(5)17(15)19-18/h8-10H,6-7,11H2,1-5H3. The maximum atomic E-state index is 12.2. The Labute approximate surface area is 137 Å². The number of thioether (sulfide) groups is 1. The van der Waals surface area contributed by atoms with Crippen molar-refractivity contribution in [2.24, 2.45) is 0 Å². The fourth-order valence-electron chi connectivity index (χ4n) is 2.52. The summed E-state index contributed by atoms with van der Waals surface area (Å²) in [5, 5.41) is 2.13. The lowest BCUT2D eigenvalue weighted by Crippen LogP contribution is -2.31. The second-order valence-electron chi connectivity index (χ2n) is 5.54. The number of hydrogen-bond acceptors (Lipinski definition) is 3. The molecule has 1 heterocycles. The molecular weight excluding hydrogens is 292 g/mol. The van der Waals surface area contributed by atoms with Crippen molar-refractivity contribution in [2.45, 2.75) is 39.6 Å². The maximum absolute atomic E-state index is 12.2. The lowest BCUT2D eigenvalue weighted by Gasteiger charge is -2.18. The van der Waals surface area contributed by atoms with Crippen LogP contribution in [0.5, 0.6) is 0 Å². The molecule has 0 bridgehead atoms. The molecule has 0 spiro atoms. The number of pyridine rings is 1. The van der Waals surface area contributed by atoms with Crippen LogP contribution in [0.3, 0.4) is 0 Å². The van der Waals surface area contributed by atoms with Gasteiger partial charge in [-0.15, -0.1) is 0 Å². The number of carbonyl (C=O) groups excluding carboxylic acids is 1. The number of fused-ring (bicyclic) bond motifs is 1. The van der Waals surface area contributed by atoms with Crippen LogP contribution in [0.2, 0.25) is 0 Å². The van der Waals surface area contributed by atoms with Crippen LogP contribution >= 0.6 is 11.8 Å². The van der Waals surface area contributed by atoms with E-state index in [1.807, 2.05) is 18.7 Å². The average Bonchev–Trinajstić information content (AvgIpc) is 2.50. The van der Waals surface area contributed by atoms with Crippen molar-refractivity contribution in [3.05, 3.63) is 34.9 Å². The largest absolute Gasteiger partial charge is 0.343 e. The van der Waals surface area contributed by atoms with Gasteiger partial charge in [-0.25, -0.2) is 4.98 Å². The molecule has 0 saturated heterocycles. The smallest absolute Gasteiger partial charge is 0.232 e. The van der Waals surface area contributed by atoms with E-state index in [1.165, 1.54) is 16.5 Å². The predicted octanol–water partition coefficient (Wildman–Crippen LogP) is 4.12. The molecule has 4 heteroatoms. The summed E-state index contributed by atoms with van der Waals surface area (Å²) in [5.74, 6) is 0.628. The molecule has 0 N–H and O–H groups in total. The van der Waals surface area contributed by atoms with E-state index in [1.54, 1.807) is 11.8 Å². The van der Waals surface area contributed by atoms with Crippen molar-refractivity contribution in [3.63, 3.8) is 0 Å². The van der Waals surface area contributed by atoms with Crippen molar-refractivity contribution in [2.75, 3.05) is 18.8 Å². The zero-order chi connectivity index (χ0) is 16.3. The number of amides is 1. The van der Waals surface area contributed by atoms with Crippen LogP contribution in [0.15, 0.2) is 23.2 Å². The van der Waals surface area contributed by atoms with Gasteiger partial charge < -0.3 is 4.90 Å². The summed E-state index contributed by atoms with van der Waals surface area (Å²) >= 11 is 1.54. The van der Waals surface area contributed by atoms with E-state index >= 15 is 0 Å². The van der Waals surface area contributed by atoms with Crippen LogP contribution in [-0.4, -0.2) is 34.6 Å². The van der Waals surface area contributed by atoms with E-state index in [4.69, 9.17) is 4.98 Å². The first-order valence-corrected chi connectivity index (χ1v) is 8.74. The minimum Gasteiger partial charge on any atom is -0.343 e. The zero-order valence-electron chi connectivity index (χ0n) is 14.1. The van der Waals surface area contributed by atoms with Gasteiger partial charge in [0.25, 0.3) is 0 Å². The van der Waals surface area contributed by atoms with Gasteiger partial charge in [0.05, 0.1) is 11.3 Å². The Morgan fingerprint density at radius 1 is 1.14 bits per heavy atom. The fraction of sp³-hybridized carbons (Fsp3) is 0.444. The van der Waals surface area contributed by atoms with E-state index in [0.29, 0.717) is 5.75 Å². The van der Waals surface area contributed by atoms with Crippen LogP contribution in [0.1, 0.15) is 30.5 Å². The quantitative estimate of drug-likeness (QED) is 0.778. The third-order valence-electron chi connectivity index (χ3n) is 4.10. The number of nitrogens with zero attached hydrogens (tertiary/aromatic N) is 2. The van der Waals surface area contributed by atoms with Gasteiger partial charge in [-0.2, -0.15) is 0 Å². The second-order valence-corrected chi connectivity index (χ2v) is 6.51. The molecule has 2 rings (SSSR count). The minimum absolute atomic E-state index is 0.178. The van der Waals surface area contributed by atoms with E-state index in [9.17, 15) is 4.79 Å². The monoisotopic (exact) mass is 316 g/mol. The maximum Gasteiger partial charge on any atom is 0.232 e. The number of carbonyl (C=O) groups is 1. The molecule has 0 unspecified atom stereocenters. The Kier molecular flexibility index (Phi) is 5.46. The summed E-state index contributed by atoms with van der Waals surface area (Å²) in [5.41, 5.74) is 4.64. The van der Waals surface area contributed by atoms with Gasteiger partial charge in [0, 0.05) is 18.5 Å². The normalized spacial score (nSPS) is 11.0. The average molecular weight is 316 g/mol. The number of aromatic nitrogens is 1. The molecule has 1 aromatic heterocycles. The Morgan fingerprint density at radius 3 is 2.45 bits per heavy atom. The summed E-state index contributed by atoms with van der Waals surface area (Å²) in [6.07, 6.45) is 0. The molecule has 2 aromatic rings. The van der Waals surface area contributed by atoms with E-state index in [2.05, 4.69) is 39.0 Å². The second kappa shape index (κ2) is 7.14. The van der Waals surface area contributed by atoms with Crippen LogP contribution < -0.4 is 0 Å². The molecule has 0 atom stereocenters. The number of benzene rings is 1. The molecular formula is C18H24N2OS. The Balaban J connectivity index is 2.26. The number of hydrogen-bond donors (Lipinski definition) is 0. The summed E-state index contributed by atoms with van der Waals surface area (Å²) in [6, 6.07) is 6.42. The van der Waals surface area contributed by atoms with E-state index in [-0.39, 0.29) is 5.91 Å². The van der Waals surface area contributed by atoms with Crippen molar-refractivity contribution < 1.29 is 4.79 Å². The molecule has 0 saturated carbocycles. The highest BCUT2D eigenvalue weighted by molar-refractivity contribution is 7.99. The van der Waals surface area contributed by atoms with Crippen molar-refractivity contribution in [1.82, 2.24) is 9.88 Å². The van der Waals surface area contributed by atoms with Crippen LogP contribution in [0, 0.1) is 20.8 Å². The van der Waals surface area contributed by atoms with E-state index < -0.39 is 0 Å². The molecule has 0 aliphatic heterocycles. The van der Waals surface area contributed by atoms with Gasteiger partial charge >= 0.3 is 0 Å². The number of aryl methyl sites for hydroxylation is 3. The van der Waals surface area contributed by atoms with Crippen molar-refractivity contribution in [1.29, 1.82) is 0 Å². The molecule has 3 nitrogen and oxygen atoms in total. The van der Waals surface area contributed by atoms with Gasteiger partial charge in [-0.1, -0.05) is 23.9 Å². The first-order valence-electron chi connectivity index (χ1n) is 7.76. The van der Waals surface area contributed by atoms with Gasteiger partial charge in [-0.3, -0.25) is 4.79 Å².